The van der Waals surface area contributed by atoms with Crippen molar-refractivity contribution in [2.75, 3.05) is 5.32 Å². The molecule has 0 spiro atoms. The molecule has 1 N–H and O–H groups in total. The lowest BCUT2D eigenvalue weighted by atomic mass is 9.88. The maximum Gasteiger partial charge on any atom is 0.227 e. The molecule has 0 unspecified atom stereocenters. The van der Waals surface area contributed by atoms with Crippen molar-refractivity contribution in [1.29, 1.82) is 0 Å². The molecule has 0 heterocycles. The van der Waals surface area contributed by atoms with Crippen molar-refractivity contribution >= 4 is 17.4 Å². The van der Waals surface area contributed by atoms with E-state index in [0.717, 1.165) is 18.0 Å². The van der Waals surface area contributed by atoms with Crippen molar-refractivity contribution in [2.45, 2.75) is 32.6 Å². The number of anilines is 1. The Kier molecular flexibility index (Phi) is 3.13. The standard InChI is InChI=1S/C16H19NO2/c1-10(18)12-3-2-4-14(9-12)17-16(19)15-8-11-5-6-13(15)7-11/h2-4,9,11,13,15H,5-8H2,1H3,(H,17,19)/t11-,13-,15+/m1/s1. The highest BCUT2D eigenvalue weighted by Crippen LogP contribution is 2.48. The van der Waals surface area contributed by atoms with Crippen molar-refractivity contribution in [2.24, 2.45) is 17.8 Å². The average Bonchev–Trinajstić information content (AvgIpc) is 3.01. The Morgan fingerprint density at radius 2 is 2.05 bits per heavy atom. The molecule has 3 rings (SSSR count). The highest BCUT2D eigenvalue weighted by Gasteiger charge is 2.42. The zero-order valence-electron chi connectivity index (χ0n) is 11.2. The van der Waals surface area contributed by atoms with Gasteiger partial charge < -0.3 is 5.32 Å². The van der Waals surface area contributed by atoms with Crippen molar-refractivity contribution < 1.29 is 9.59 Å². The normalized spacial score (nSPS) is 28.4. The van der Waals surface area contributed by atoms with E-state index in [2.05, 4.69) is 5.32 Å². The van der Waals surface area contributed by atoms with Crippen LogP contribution in [0.2, 0.25) is 0 Å². The van der Waals surface area contributed by atoms with E-state index in [1.807, 2.05) is 12.1 Å². The molecule has 100 valence electrons. The van der Waals surface area contributed by atoms with Gasteiger partial charge >= 0.3 is 0 Å². The van der Waals surface area contributed by atoms with Crippen LogP contribution in [0.1, 0.15) is 43.0 Å². The average molecular weight is 257 g/mol. The van der Waals surface area contributed by atoms with Crippen LogP contribution in [0, 0.1) is 17.8 Å². The van der Waals surface area contributed by atoms with Gasteiger partial charge in [0.25, 0.3) is 0 Å². The molecule has 1 aromatic rings. The Hall–Kier alpha value is -1.64. The summed E-state index contributed by atoms with van der Waals surface area (Å²) in [5, 5.41) is 2.97. The first-order valence-corrected chi connectivity index (χ1v) is 7.05. The summed E-state index contributed by atoms with van der Waals surface area (Å²) >= 11 is 0. The second-order valence-corrected chi connectivity index (χ2v) is 5.91. The topological polar surface area (TPSA) is 46.2 Å². The fraction of sp³-hybridized carbons (Fsp3) is 0.500. The molecule has 3 nitrogen and oxygen atoms in total. The summed E-state index contributed by atoms with van der Waals surface area (Å²) in [7, 11) is 0. The van der Waals surface area contributed by atoms with Crippen LogP contribution in [-0.2, 0) is 4.79 Å². The summed E-state index contributed by atoms with van der Waals surface area (Å²) in [6, 6.07) is 7.19. The molecule has 0 radical (unpaired) electrons. The molecule has 2 bridgehead atoms. The smallest absolute Gasteiger partial charge is 0.227 e. The first-order valence-electron chi connectivity index (χ1n) is 7.05. The number of rotatable bonds is 3. The number of ketones is 1. The molecule has 3 heteroatoms. The fourth-order valence-electron chi connectivity index (χ4n) is 3.62. The highest BCUT2D eigenvalue weighted by atomic mass is 16.2. The third-order valence-electron chi connectivity index (χ3n) is 4.61. The molecule has 19 heavy (non-hydrogen) atoms. The van der Waals surface area contributed by atoms with E-state index in [9.17, 15) is 9.59 Å². The van der Waals surface area contributed by atoms with E-state index >= 15 is 0 Å². The third kappa shape index (κ3) is 2.42. The van der Waals surface area contributed by atoms with Crippen molar-refractivity contribution in [3.8, 4) is 0 Å². The van der Waals surface area contributed by atoms with Gasteiger partial charge in [-0.25, -0.2) is 0 Å². The van der Waals surface area contributed by atoms with Crippen LogP contribution in [0.5, 0.6) is 0 Å². The number of carbonyl (C=O) groups is 2. The second-order valence-electron chi connectivity index (χ2n) is 5.91. The largest absolute Gasteiger partial charge is 0.326 e. The number of Topliss-reactive ketones (excluding diaryl/α,β-unsaturated/α-hetero) is 1. The molecule has 0 aromatic heterocycles. The van der Waals surface area contributed by atoms with E-state index in [4.69, 9.17) is 0 Å². The van der Waals surface area contributed by atoms with Gasteiger partial charge in [-0.2, -0.15) is 0 Å². The maximum absolute atomic E-state index is 12.3. The predicted octanol–water partition coefficient (Wildman–Crippen LogP) is 3.26. The lowest BCUT2D eigenvalue weighted by Gasteiger charge is -2.20. The maximum atomic E-state index is 12.3. The monoisotopic (exact) mass is 257 g/mol. The van der Waals surface area contributed by atoms with E-state index < -0.39 is 0 Å². The van der Waals surface area contributed by atoms with Gasteiger partial charge in [-0.05, 0) is 50.2 Å². The van der Waals surface area contributed by atoms with Crippen LogP contribution < -0.4 is 5.32 Å². The Balaban J connectivity index is 1.69. The van der Waals surface area contributed by atoms with Gasteiger partial charge in [-0.3, -0.25) is 9.59 Å². The molecule has 2 saturated carbocycles. The van der Waals surface area contributed by atoms with Gasteiger partial charge in [-0.1, -0.05) is 18.6 Å². The number of fused-ring (bicyclic) bond motifs is 2. The summed E-state index contributed by atoms with van der Waals surface area (Å²) in [5.74, 6) is 1.69. The molecular formula is C16H19NO2. The molecular weight excluding hydrogens is 238 g/mol. The minimum atomic E-state index is 0.0241. The molecule has 0 aliphatic heterocycles. The molecule has 0 saturated heterocycles. The number of amides is 1. The molecule has 1 amide bonds. The zero-order valence-corrected chi connectivity index (χ0v) is 11.2. The fourth-order valence-corrected chi connectivity index (χ4v) is 3.62. The van der Waals surface area contributed by atoms with Crippen molar-refractivity contribution in [3.05, 3.63) is 29.8 Å². The molecule has 2 fully saturated rings. The number of nitrogens with one attached hydrogen (secondary N) is 1. The Morgan fingerprint density at radius 1 is 1.21 bits per heavy atom. The Morgan fingerprint density at radius 3 is 2.68 bits per heavy atom. The summed E-state index contributed by atoms with van der Waals surface area (Å²) < 4.78 is 0. The lowest BCUT2D eigenvalue weighted by molar-refractivity contribution is -0.121. The minimum absolute atomic E-state index is 0.0241. The molecule has 3 atom stereocenters. The first-order chi connectivity index (χ1) is 9.13. The summed E-state index contributed by atoms with van der Waals surface area (Å²) in [6.45, 7) is 1.54. The van der Waals surface area contributed by atoms with Gasteiger partial charge in [0.15, 0.2) is 5.78 Å². The number of carbonyl (C=O) groups excluding carboxylic acids is 2. The number of hydrogen-bond donors (Lipinski definition) is 1. The zero-order chi connectivity index (χ0) is 13.4. The van der Waals surface area contributed by atoms with Crippen LogP contribution in [0.25, 0.3) is 0 Å². The quantitative estimate of drug-likeness (QED) is 0.845. The van der Waals surface area contributed by atoms with Crippen LogP contribution in [0.4, 0.5) is 5.69 Å². The molecule has 1 aromatic carbocycles. The van der Waals surface area contributed by atoms with Crippen molar-refractivity contribution in [3.63, 3.8) is 0 Å². The van der Waals surface area contributed by atoms with E-state index in [1.54, 1.807) is 12.1 Å². The first kappa shape index (κ1) is 12.4. The van der Waals surface area contributed by atoms with Gasteiger partial charge in [-0.15, -0.1) is 0 Å². The summed E-state index contributed by atoms with van der Waals surface area (Å²) in [4.78, 5) is 23.6. The van der Waals surface area contributed by atoms with Gasteiger partial charge in [0.2, 0.25) is 5.91 Å². The Bertz CT molecular complexity index is 523. The van der Waals surface area contributed by atoms with Crippen LogP contribution in [0.3, 0.4) is 0 Å². The Labute approximate surface area is 113 Å². The number of benzene rings is 1. The van der Waals surface area contributed by atoms with Gasteiger partial charge in [0.05, 0.1) is 0 Å². The minimum Gasteiger partial charge on any atom is -0.326 e. The van der Waals surface area contributed by atoms with Gasteiger partial charge in [0, 0.05) is 17.2 Å². The van der Waals surface area contributed by atoms with Gasteiger partial charge in [0.1, 0.15) is 0 Å². The summed E-state index contributed by atoms with van der Waals surface area (Å²) in [6.07, 6.45) is 4.78. The van der Waals surface area contributed by atoms with Crippen LogP contribution >= 0.6 is 0 Å². The predicted molar refractivity (Wildman–Crippen MR) is 74.0 cm³/mol. The highest BCUT2D eigenvalue weighted by molar-refractivity contribution is 5.97. The SMILES string of the molecule is CC(=O)c1cccc(NC(=O)[C@H]2C[C@@H]3CC[C@@H]2C3)c1. The summed E-state index contributed by atoms with van der Waals surface area (Å²) in [5.41, 5.74) is 1.38. The van der Waals surface area contributed by atoms with Crippen LogP contribution in [0.15, 0.2) is 24.3 Å². The third-order valence-corrected chi connectivity index (χ3v) is 4.61. The lowest BCUT2D eigenvalue weighted by Crippen LogP contribution is -2.27. The van der Waals surface area contributed by atoms with E-state index in [1.165, 1.54) is 26.2 Å². The van der Waals surface area contributed by atoms with E-state index in [-0.39, 0.29) is 17.6 Å². The number of hydrogen-bond acceptors (Lipinski definition) is 2. The van der Waals surface area contributed by atoms with Crippen LogP contribution in [-0.4, -0.2) is 11.7 Å². The molecule has 2 aliphatic carbocycles. The van der Waals surface area contributed by atoms with E-state index in [0.29, 0.717) is 11.5 Å². The van der Waals surface area contributed by atoms with Crippen molar-refractivity contribution in [1.82, 2.24) is 0 Å². The second kappa shape index (κ2) is 4.80. The molecule has 2 aliphatic rings.